The summed E-state index contributed by atoms with van der Waals surface area (Å²) in [5.41, 5.74) is -0.0348. The molecule has 1 atom stereocenters. The summed E-state index contributed by atoms with van der Waals surface area (Å²) in [6.45, 7) is 1.29. The molecule has 1 unspecified atom stereocenters. The third-order valence-electron chi connectivity index (χ3n) is 3.04. The van der Waals surface area contributed by atoms with Gasteiger partial charge in [-0.2, -0.15) is 4.72 Å². The summed E-state index contributed by atoms with van der Waals surface area (Å²) in [5, 5.41) is 1.97. The molecule has 1 aliphatic rings. The number of rotatable bonds is 3. The fourth-order valence-electron chi connectivity index (χ4n) is 1.89. The Balaban J connectivity index is 2.29. The quantitative estimate of drug-likeness (QED) is 0.787. The SMILES string of the molecule is Cc1cc(F)c(S(=O)(=O)NC2CCC(=O)NC2=O)cc1F. The number of aryl methyl sites for hydroxylation is 1. The molecule has 9 heteroatoms. The minimum atomic E-state index is -4.42. The number of halogens is 2. The Morgan fingerprint density at radius 3 is 2.52 bits per heavy atom. The molecule has 0 saturated carbocycles. The molecule has 1 heterocycles. The predicted molar refractivity (Wildman–Crippen MR) is 67.6 cm³/mol. The predicted octanol–water partition coefficient (Wildman–Crippen LogP) is 0.357. The Morgan fingerprint density at radius 2 is 1.90 bits per heavy atom. The summed E-state index contributed by atoms with van der Waals surface area (Å²) >= 11 is 0. The van der Waals surface area contributed by atoms with Crippen molar-refractivity contribution in [3.05, 3.63) is 29.3 Å². The lowest BCUT2D eigenvalue weighted by atomic mass is 10.1. The van der Waals surface area contributed by atoms with E-state index >= 15 is 0 Å². The standard InChI is InChI=1S/C12H12F2N2O4S/c1-6-4-8(14)10(5-7(6)13)21(19,20)16-9-2-3-11(17)15-12(9)18/h4-5,9,16H,2-3H2,1H3,(H,15,17,18). The number of hydrogen-bond donors (Lipinski definition) is 2. The third-order valence-corrected chi connectivity index (χ3v) is 4.53. The average molecular weight is 318 g/mol. The fraction of sp³-hybridized carbons (Fsp3) is 0.333. The van der Waals surface area contributed by atoms with Crippen LogP contribution in [0.25, 0.3) is 0 Å². The highest BCUT2D eigenvalue weighted by Crippen LogP contribution is 2.20. The van der Waals surface area contributed by atoms with Gasteiger partial charge in [0.25, 0.3) is 0 Å². The van der Waals surface area contributed by atoms with Crippen molar-refractivity contribution in [2.45, 2.75) is 30.7 Å². The smallest absolute Gasteiger partial charge is 0.244 e. The fourth-order valence-corrected chi connectivity index (χ4v) is 3.19. The van der Waals surface area contributed by atoms with E-state index in [9.17, 15) is 26.8 Å². The first-order chi connectivity index (χ1) is 9.70. The Kier molecular flexibility index (Phi) is 4.06. The summed E-state index contributed by atoms with van der Waals surface area (Å²) in [5.74, 6) is -3.32. The van der Waals surface area contributed by atoms with Crippen molar-refractivity contribution in [2.75, 3.05) is 0 Å². The molecule has 2 amide bonds. The van der Waals surface area contributed by atoms with E-state index in [2.05, 4.69) is 0 Å². The Morgan fingerprint density at radius 1 is 1.24 bits per heavy atom. The van der Waals surface area contributed by atoms with Crippen molar-refractivity contribution in [3.63, 3.8) is 0 Å². The highest BCUT2D eigenvalue weighted by Gasteiger charge is 2.32. The number of carbonyl (C=O) groups excluding carboxylic acids is 2. The van der Waals surface area contributed by atoms with Crippen LogP contribution in [0.1, 0.15) is 18.4 Å². The van der Waals surface area contributed by atoms with Crippen LogP contribution in [0.15, 0.2) is 17.0 Å². The first kappa shape index (κ1) is 15.5. The number of nitrogens with one attached hydrogen (secondary N) is 2. The molecular formula is C12H12F2N2O4S. The summed E-state index contributed by atoms with van der Waals surface area (Å²) in [4.78, 5) is 21.6. The third kappa shape index (κ3) is 3.24. The van der Waals surface area contributed by atoms with Crippen LogP contribution in [-0.4, -0.2) is 26.3 Å². The van der Waals surface area contributed by atoms with Crippen LogP contribution >= 0.6 is 0 Å². The molecule has 1 aromatic carbocycles. The van der Waals surface area contributed by atoms with Crippen LogP contribution in [0.2, 0.25) is 0 Å². The van der Waals surface area contributed by atoms with Gasteiger partial charge in [-0.25, -0.2) is 17.2 Å². The van der Waals surface area contributed by atoms with Gasteiger partial charge in [0, 0.05) is 6.42 Å². The van der Waals surface area contributed by atoms with E-state index in [4.69, 9.17) is 0 Å². The zero-order valence-electron chi connectivity index (χ0n) is 10.9. The number of imide groups is 1. The normalized spacial score (nSPS) is 19.5. The van der Waals surface area contributed by atoms with Gasteiger partial charge in [0.1, 0.15) is 22.6 Å². The number of benzene rings is 1. The van der Waals surface area contributed by atoms with Gasteiger partial charge < -0.3 is 0 Å². The number of piperidine rings is 1. The van der Waals surface area contributed by atoms with Gasteiger partial charge in [-0.3, -0.25) is 14.9 Å². The van der Waals surface area contributed by atoms with E-state index in [1.165, 1.54) is 6.92 Å². The summed E-state index contributed by atoms with van der Waals surface area (Å²) < 4.78 is 53.1. The van der Waals surface area contributed by atoms with Crippen LogP contribution in [0, 0.1) is 18.6 Å². The van der Waals surface area contributed by atoms with E-state index in [1.807, 2.05) is 10.0 Å². The molecule has 1 aliphatic heterocycles. The molecule has 2 rings (SSSR count). The minimum absolute atomic E-state index is 0.0348. The van der Waals surface area contributed by atoms with Crippen LogP contribution in [0.5, 0.6) is 0 Å². The van der Waals surface area contributed by atoms with Gasteiger partial charge in [0.05, 0.1) is 0 Å². The zero-order valence-corrected chi connectivity index (χ0v) is 11.8. The van der Waals surface area contributed by atoms with Crippen molar-refractivity contribution >= 4 is 21.8 Å². The molecule has 6 nitrogen and oxygen atoms in total. The molecular weight excluding hydrogens is 306 g/mol. The summed E-state index contributed by atoms with van der Waals surface area (Å²) in [6.07, 6.45) is -0.0798. The Labute approximate surface area is 119 Å². The topological polar surface area (TPSA) is 92.3 Å². The van der Waals surface area contributed by atoms with Crippen molar-refractivity contribution < 1.29 is 26.8 Å². The first-order valence-electron chi connectivity index (χ1n) is 6.02. The van der Waals surface area contributed by atoms with Gasteiger partial charge in [0.2, 0.25) is 21.8 Å². The van der Waals surface area contributed by atoms with Crippen LogP contribution in [0.4, 0.5) is 8.78 Å². The van der Waals surface area contributed by atoms with Crippen molar-refractivity contribution in [1.29, 1.82) is 0 Å². The zero-order chi connectivity index (χ0) is 15.8. The minimum Gasteiger partial charge on any atom is -0.295 e. The molecule has 1 aromatic rings. The average Bonchev–Trinajstić information content (AvgIpc) is 2.37. The van der Waals surface area contributed by atoms with E-state index in [0.717, 1.165) is 6.07 Å². The molecule has 0 radical (unpaired) electrons. The molecule has 1 saturated heterocycles. The lowest BCUT2D eigenvalue weighted by molar-refractivity contribution is -0.134. The largest absolute Gasteiger partial charge is 0.295 e. The number of hydrogen-bond acceptors (Lipinski definition) is 4. The highest BCUT2D eigenvalue weighted by atomic mass is 32.2. The number of amides is 2. The van der Waals surface area contributed by atoms with Crippen LogP contribution in [0.3, 0.4) is 0 Å². The van der Waals surface area contributed by atoms with E-state index in [0.29, 0.717) is 6.07 Å². The molecule has 2 N–H and O–H groups in total. The number of sulfonamides is 1. The van der Waals surface area contributed by atoms with Crippen LogP contribution < -0.4 is 10.0 Å². The molecule has 0 spiro atoms. The summed E-state index contributed by atoms with van der Waals surface area (Å²) in [7, 11) is -4.42. The van der Waals surface area contributed by atoms with Gasteiger partial charge in [-0.1, -0.05) is 0 Å². The molecule has 0 aromatic heterocycles. The van der Waals surface area contributed by atoms with Crippen molar-refractivity contribution in [2.24, 2.45) is 0 Å². The number of carbonyl (C=O) groups is 2. The maximum Gasteiger partial charge on any atom is 0.244 e. The van der Waals surface area contributed by atoms with Gasteiger partial charge in [-0.15, -0.1) is 0 Å². The van der Waals surface area contributed by atoms with Crippen molar-refractivity contribution in [1.82, 2.24) is 10.0 Å². The Hall–Kier alpha value is -1.87. The van der Waals surface area contributed by atoms with E-state index in [-0.39, 0.29) is 18.4 Å². The second-order valence-corrected chi connectivity index (χ2v) is 6.34. The van der Waals surface area contributed by atoms with Gasteiger partial charge in [-0.05, 0) is 31.0 Å². The molecule has 1 fully saturated rings. The molecule has 21 heavy (non-hydrogen) atoms. The maximum absolute atomic E-state index is 13.7. The second kappa shape index (κ2) is 5.49. The van der Waals surface area contributed by atoms with E-state index in [1.54, 1.807) is 0 Å². The molecule has 0 bridgehead atoms. The lowest BCUT2D eigenvalue weighted by Gasteiger charge is -2.21. The monoisotopic (exact) mass is 318 g/mol. The Bertz CT molecular complexity index is 718. The van der Waals surface area contributed by atoms with Crippen LogP contribution in [-0.2, 0) is 19.6 Å². The maximum atomic E-state index is 13.7. The van der Waals surface area contributed by atoms with Gasteiger partial charge in [0.15, 0.2) is 0 Å². The first-order valence-corrected chi connectivity index (χ1v) is 7.50. The summed E-state index contributed by atoms with van der Waals surface area (Å²) in [6, 6.07) is 0.115. The van der Waals surface area contributed by atoms with Crippen molar-refractivity contribution in [3.8, 4) is 0 Å². The second-order valence-electron chi connectivity index (χ2n) is 4.66. The molecule has 0 aliphatic carbocycles. The van der Waals surface area contributed by atoms with Gasteiger partial charge >= 0.3 is 0 Å². The lowest BCUT2D eigenvalue weighted by Crippen LogP contribution is -2.52. The highest BCUT2D eigenvalue weighted by molar-refractivity contribution is 7.89. The molecule has 114 valence electrons. The van der Waals surface area contributed by atoms with E-state index < -0.39 is 44.4 Å².